The zero-order valence-electron chi connectivity index (χ0n) is 18.5. The van der Waals surface area contributed by atoms with E-state index in [0.717, 1.165) is 22.3 Å². The molecule has 170 valence electrons. The van der Waals surface area contributed by atoms with Crippen molar-refractivity contribution >= 4 is 18.0 Å². The zero-order chi connectivity index (χ0) is 23.1. The zero-order valence-corrected chi connectivity index (χ0v) is 18.5. The Hall–Kier alpha value is -3.35. The summed E-state index contributed by atoms with van der Waals surface area (Å²) in [6, 6.07) is 14.9. The number of carbonyl (C=O) groups is 3. The minimum Gasteiger partial charge on any atom is -0.481 e. The highest BCUT2D eigenvalue weighted by atomic mass is 16.5. The van der Waals surface area contributed by atoms with Crippen LogP contribution in [0.15, 0.2) is 48.5 Å². The second kappa shape index (κ2) is 10.8. The van der Waals surface area contributed by atoms with Gasteiger partial charge in [0.25, 0.3) is 0 Å². The van der Waals surface area contributed by atoms with Crippen LogP contribution < -0.4 is 10.6 Å². The molecule has 7 heteroatoms. The maximum Gasteiger partial charge on any atom is 0.407 e. The van der Waals surface area contributed by atoms with Crippen molar-refractivity contribution in [3.8, 4) is 11.1 Å². The first-order valence-electron chi connectivity index (χ1n) is 11.1. The van der Waals surface area contributed by atoms with Gasteiger partial charge in [-0.2, -0.15) is 0 Å². The van der Waals surface area contributed by atoms with Crippen LogP contribution in [0.4, 0.5) is 4.79 Å². The Kier molecular flexibility index (Phi) is 7.87. The molecule has 3 rings (SSSR count). The lowest BCUT2D eigenvalue weighted by Crippen LogP contribution is -2.50. The minimum atomic E-state index is -0.978. The molecule has 0 bridgehead atoms. The van der Waals surface area contributed by atoms with E-state index in [4.69, 9.17) is 9.84 Å². The number of rotatable bonds is 10. The quantitative estimate of drug-likeness (QED) is 0.519. The molecule has 2 amide bonds. The number of nitrogens with one attached hydrogen (secondary N) is 2. The molecule has 0 aromatic heterocycles. The molecule has 32 heavy (non-hydrogen) atoms. The van der Waals surface area contributed by atoms with E-state index in [0.29, 0.717) is 19.3 Å². The number of carbonyl (C=O) groups excluding carboxylic acids is 2. The number of aliphatic carboxylic acids is 1. The van der Waals surface area contributed by atoms with Crippen LogP contribution in [0.2, 0.25) is 0 Å². The smallest absolute Gasteiger partial charge is 0.407 e. The van der Waals surface area contributed by atoms with E-state index in [2.05, 4.69) is 22.8 Å². The maximum atomic E-state index is 12.6. The summed E-state index contributed by atoms with van der Waals surface area (Å²) < 4.78 is 5.54. The molecule has 2 aromatic rings. The Labute approximate surface area is 188 Å². The molecular weight excluding hydrogens is 408 g/mol. The van der Waals surface area contributed by atoms with Crippen LogP contribution in [0, 0.1) is 0 Å². The third kappa shape index (κ3) is 5.46. The number of benzene rings is 2. The maximum absolute atomic E-state index is 12.6. The second-order valence-corrected chi connectivity index (χ2v) is 8.02. The van der Waals surface area contributed by atoms with E-state index in [9.17, 15) is 14.4 Å². The number of carboxylic acid groups (broad SMARTS) is 1. The highest BCUT2D eigenvalue weighted by molar-refractivity contribution is 5.86. The molecule has 7 nitrogen and oxygen atoms in total. The Morgan fingerprint density at radius 1 is 0.969 bits per heavy atom. The van der Waals surface area contributed by atoms with Crippen LogP contribution in [-0.2, 0) is 14.3 Å². The summed E-state index contributed by atoms with van der Waals surface area (Å²) in [7, 11) is 0. The van der Waals surface area contributed by atoms with Gasteiger partial charge in [-0.15, -0.1) is 0 Å². The van der Waals surface area contributed by atoms with Crippen molar-refractivity contribution in [2.24, 2.45) is 0 Å². The molecular formula is C25H30N2O5. The van der Waals surface area contributed by atoms with Gasteiger partial charge in [0, 0.05) is 12.0 Å². The van der Waals surface area contributed by atoms with Crippen LogP contribution in [0.1, 0.15) is 56.6 Å². The van der Waals surface area contributed by atoms with Crippen molar-refractivity contribution in [3.05, 3.63) is 59.7 Å². The van der Waals surface area contributed by atoms with Crippen molar-refractivity contribution in [1.29, 1.82) is 0 Å². The molecule has 0 fully saturated rings. The van der Waals surface area contributed by atoms with Crippen LogP contribution in [0.3, 0.4) is 0 Å². The summed E-state index contributed by atoms with van der Waals surface area (Å²) in [6.07, 6.45) is 0.775. The molecule has 1 aliphatic rings. The minimum absolute atomic E-state index is 0.0633. The molecule has 2 aromatic carbocycles. The predicted octanol–water partition coefficient (Wildman–Crippen LogP) is 4.06. The molecule has 0 spiro atoms. The van der Waals surface area contributed by atoms with Crippen molar-refractivity contribution in [2.45, 2.75) is 57.5 Å². The van der Waals surface area contributed by atoms with Crippen molar-refractivity contribution < 1.29 is 24.2 Å². The summed E-state index contributed by atoms with van der Waals surface area (Å²) in [4.78, 5) is 36.1. The van der Waals surface area contributed by atoms with Crippen molar-refractivity contribution in [3.63, 3.8) is 0 Å². The van der Waals surface area contributed by atoms with Crippen LogP contribution in [0.5, 0.6) is 0 Å². The van der Waals surface area contributed by atoms with Gasteiger partial charge in [0.1, 0.15) is 12.6 Å². The van der Waals surface area contributed by atoms with Gasteiger partial charge in [-0.05, 0) is 35.1 Å². The van der Waals surface area contributed by atoms with Gasteiger partial charge in [0.15, 0.2) is 0 Å². The van der Waals surface area contributed by atoms with Crippen LogP contribution in [0.25, 0.3) is 11.1 Å². The number of amides is 2. The molecule has 0 saturated carbocycles. The number of fused-ring (bicyclic) bond motifs is 3. The van der Waals surface area contributed by atoms with Crippen LogP contribution in [-0.4, -0.2) is 41.8 Å². The standard InChI is InChI=1S/C25H30N2O5/c1-3-9-22(24(30)26-16(4-2)14-23(28)29)27-25(31)32-15-21-19-12-7-5-10-17(19)18-11-6-8-13-20(18)21/h5-8,10-13,16,21-22H,3-4,9,14-15H2,1-2H3,(H,26,30)(H,27,31)(H,28,29)/t16?,22-/m0/s1. The molecule has 0 saturated heterocycles. The van der Waals surface area contributed by atoms with E-state index in [1.807, 2.05) is 50.2 Å². The van der Waals surface area contributed by atoms with Gasteiger partial charge in [-0.25, -0.2) is 4.79 Å². The Morgan fingerprint density at radius 2 is 1.56 bits per heavy atom. The molecule has 1 unspecified atom stereocenters. The predicted molar refractivity (Wildman–Crippen MR) is 121 cm³/mol. The van der Waals surface area contributed by atoms with E-state index < -0.39 is 30.1 Å². The summed E-state index contributed by atoms with van der Waals surface area (Å²) in [6.45, 7) is 3.88. The monoisotopic (exact) mass is 438 g/mol. The van der Waals surface area contributed by atoms with Gasteiger partial charge >= 0.3 is 12.1 Å². The SMILES string of the molecule is CCC[C@H](NC(=O)OCC1c2ccccc2-c2ccccc21)C(=O)NC(CC)CC(=O)O. The van der Waals surface area contributed by atoms with Gasteiger partial charge in [-0.1, -0.05) is 68.8 Å². The third-order valence-electron chi connectivity index (χ3n) is 5.79. The molecule has 3 N–H and O–H groups in total. The highest BCUT2D eigenvalue weighted by Gasteiger charge is 2.30. The summed E-state index contributed by atoms with van der Waals surface area (Å²) in [5.74, 6) is -1.44. The highest BCUT2D eigenvalue weighted by Crippen LogP contribution is 2.44. The Balaban J connectivity index is 1.62. The summed E-state index contributed by atoms with van der Waals surface area (Å²) in [5.41, 5.74) is 4.52. The largest absolute Gasteiger partial charge is 0.481 e. The average molecular weight is 439 g/mol. The van der Waals surface area contributed by atoms with E-state index >= 15 is 0 Å². The lowest BCUT2D eigenvalue weighted by molar-refractivity contribution is -0.137. The number of hydrogen-bond donors (Lipinski definition) is 3. The molecule has 0 heterocycles. The summed E-state index contributed by atoms with van der Waals surface area (Å²) in [5, 5.41) is 14.4. The van der Waals surface area contributed by atoms with E-state index in [1.165, 1.54) is 0 Å². The first-order chi connectivity index (χ1) is 15.4. The second-order valence-electron chi connectivity index (χ2n) is 8.02. The third-order valence-corrected chi connectivity index (χ3v) is 5.79. The van der Waals surface area contributed by atoms with Crippen molar-refractivity contribution in [1.82, 2.24) is 10.6 Å². The molecule has 0 radical (unpaired) electrons. The number of carboxylic acids is 1. The van der Waals surface area contributed by atoms with Gasteiger partial charge < -0.3 is 20.5 Å². The average Bonchev–Trinajstić information content (AvgIpc) is 3.10. The van der Waals surface area contributed by atoms with Gasteiger partial charge in [0.2, 0.25) is 5.91 Å². The van der Waals surface area contributed by atoms with Gasteiger partial charge in [0.05, 0.1) is 6.42 Å². The fourth-order valence-corrected chi connectivity index (χ4v) is 4.15. The topological polar surface area (TPSA) is 105 Å². The number of ether oxygens (including phenoxy) is 1. The fraction of sp³-hybridized carbons (Fsp3) is 0.400. The normalized spacial score (nSPS) is 14.1. The number of alkyl carbamates (subject to hydrolysis) is 1. The first-order valence-corrected chi connectivity index (χ1v) is 11.1. The summed E-state index contributed by atoms with van der Waals surface area (Å²) >= 11 is 0. The Morgan fingerprint density at radius 3 is 2.09 bits per heavy atom. The van der Waals surface area contributed by atoms with Gasteiger partial charge in [-0.3, -0.25) is 9.59 Å². The number of hydrogen-bond acceptors (Lipinski definition) is 4. The lowest BCUT2D eigenvalue weighted by atomic mass is 9.98. The lowest BCUT2D eigenvalue weighted by Gasteiger charge is -2.22. The molecule has 1 aliphatic carbocycles. The van der Waals surface area contributed by atoms with E-state index in [1.54, 1.807) is 0 Å². The van der Waals surface area contributed by atoms with Crippen molar-refractivity contribution in [2.75, 3.05) is 6.61 Å². The Bertz CT molecular complexity index is 929. The molecule has 2 atom stereocenters. The van der Waals surface area contributed by atoms with E-state index in [-0.39, 0.29) is 18.9 Å². The fourth-order valence-electron chi connectivity index (χ4n) is 4.15. The molecule has 0 aliphatic heterocycles. The van der Waals surface area contributed by atoms with Crippen LogP contribution >= 0.6 is 0 Å². The first kappa shape index (κ1) is 23.3.